The highest BCUT2D eigenvalue weighted by Crippen LogP contribution is 2.22. The Morgan fingerprint density at radius 2 is 1.83 bits per heavy atom. The van der Waals surface area contributed by atoms with Crippen LogP contribution < -0.4 is 5.32 Å². The second-order valence-corrected chi connectivity index (χ2v) is 7.32. The Hall–Kier alpha value is -3.03. The van der Waals surface area contributed by atoms with Crippen molar-refractivity contribution in [1.29, 1.82) is 0 Å². The Kier molecular flexibility index (Phi) is 6.21. The van der Waals surface area contributed by atoms with Gasteiger partial charge in [-0.25, -0.2) is 9.07 Å². The number of nitrogens with one attached hydrogen (secondary N) is 1. The molecule has 0 bridgehead atoms. The third-order valence-corrected chi connectivity index (χ3v) is 5.45. The summed E-state index contributed by atoms with van der Waals surface area (Å²) in [6.45, 7) is 5.13. The summed E-state index contributed by atoms with van der Waals surface area (Å²) < 4.78 is 20.6. The van der Waals surface area contributed by atoms with E-state index >= 15 is 0 Å². The van der Waals surface area contributed by atoms with Crippen LogP contribution in [0.25, 0.3) is 5.69 Å². The Balaban J connectivity index is 1.50. The normalized spacial score (nSPS) is 15.7. The predicted octanol–water partition coefficient (Wildman–Crippen LogP) is 3.12. The number of hydrogen-bond acceptors (Lipinski definition) is 4. The van der Waals surface area contributed by atoms with Crippen molar-refractivity contribution < 1.29 is 13.9 Å². The Bertz CT molecular complexity index is 982. The summed E-state index contributed by atoms with van der Waals surface area (Å²) in [5.41, 5.74) is 3.20. The lowest BCUT2D eigenvalue weighted by Gasteiger charge is -2.35. The van der Waals surface area contributed by atoms with Crippen molar-refractivity contribution in [3.05, 3.63) is 83.4 Å². The third kappa shape index (κ3) is 4.42. The first-order valence-electron chi connectivity index (χ1n) is 10.1. The lowest BCUT2D eigenvalue weighted by molar-refractivity contribution is 0.0162. The van der Waals surface area contributed by atoms with Crippen molar-refractivity contribution in [3.8, 4) is 5.69 Å². The summed E-state index contributed by atoms with van der Waals surface area (Å²) in [7, 11) is 0. The molecule has 1 aromatic heterocycles. The highest BCUT2D eigenvalue weighted by Gasteiger charge is 2.24. The molecule has 0 radical (unpaired) electrons. The van der Waals surface area contributed by atoms with E-state index in [0.717, 1.165) is 30.0 Å². The van der Waals surface area contributed by atoms with Crippen LogP contribution in [0.3, 0.4) is 0 Å². The van der Waals surface area contributed by atoms with E-state index in [-0.39, 0.29) is 17.8 Å². The minimum atomic E-state index is -0.271. The second kappa shape index (κ2) is 9.19. The lowest BCUT2D eigenvalue weighted by Crippen LogP contribution is -2.43. The summed E-state index contributed by atoms with van der Waals surface area (Å²) in [6.07, 6.45) is 1.60. The zero-order valence-corrected chi connectivity index (χ0v) is 16.9. The molecule has 1 amide bonds. The first-order chi connectivity index (χ1) is 14.6. The molecule has 156 valence electrons. The summed E-state index contributed by atoms with van der Waals surface area (Å²) in [5, 5.41) is 7.43. The van der Waals surface area contributed by atoms with E-state index in [9.17, 15) is 9.18 Å². The number of aromatic nitrogens is 2. The van der Waals surface area contributed by atoms with Crippen LogP contribution in [0, 0.1) is 12.7 Å². The Morgan fingerprint density at radius 1 is 1.13 bits per heavy atom. The van der Waals surface area contributed by atoms with Crippen molar-refractivity contribution in [2.45, 2.75) is 13.0 Å². The molecule has 1 aliphatic rings. The van der Waals surface area contributed by atoms with Crippen LogP contribution in [0.5, 0.6) is 0 Å². The van der Waals surface area contributed by atoms with Gasteiger partial charge in [-0.15, -0.1) is 0 Å². The molecule has 1 aliphatic heterocycles. The van der Waals surface area contributed by atoms with E-state index < -0.39 is 0 Å². The fourth-order valence-electron chi connectivity index (χ4n) is 3.78. The highest BCUT2D eigenvalue weighted by molar-refractivity contribution is 5.95. The molecule has 1 saturated heterocycles. The van der Waals surface area contributed by atoms with Crippen molar-refractivity contribution in [2.75, 3.05) is 32.8 Å². The SMILES string of the molecule is Cc1c(C(=O)NC[C@@H](c2ccc(F)cc2)N2CCOCC2)cnn1-c1ccccc1. The van der Waals surface area contributed by atoms with Gasteiger partial charge in [0.2, 0.25) is 0 Å². The number of nitrogens with zero attached hydrogens (tertiary/aromatic N) is 3. The zero-order chi connectivity index (χ0) is 20.9. The van der Waals surface area contributed by atoms with Crippen LogP contribution in [-0.2, 0) is 4.74 Å². The number of morpholine rings is 1. The molecular weight excluding hydrogens is 383 g/mol. The van der Waals surface area contributed by atoms with Crippen LogP contribution in [0.4, 0.5) is 4.39 Å². The van der Waals surface area contributed by atoms with Gasteiger partial charge in [0.05, 0.1) is 42.4 Å². The average molecular weight is 408 g/mol. The maximum atomic E-state index is 13.4. The van der Waals surface area contributed by atoms with Gasteiger partial charge in [-0.1, -0.05) is 30.3 Å². The molecule has 7 heteroatoms. The summed E-state index contributed by atoms with van der Waals surface area (Å²) in [5.74, 6) is -0.442. The molecule has 4 rings (SSSR count). The molecule has 6 nitrogen and oxygen atoms in total. The lowest BCUT2D eigenvalue weighted by atomic mass is 10.0. The van der Waals surface area contributed by atoms with Crippen LogP contribution in [0.15, 0.2) is 60.8 Å². The molecule has 2 heterocycles. The van der Waals surface area contributed by atoms with E-state index in [1.54, 1.807) is 23.0 Å². The first-order valence-corrected chi connectivity index (χ1v) is 10.1. The largest absolute Gasteiger partial charge is 0.379 e. The zero-order valence-electron chi connectivity index (χ0n) is 16.9. The number of rotatable bonds is 6. The van der Waals surface area contributed by atoms with Gasteiger partial charge in [0.1, 0.15) is 5.82 Å². The van der Waals surface area contributed by atoms with Crippen LogP contribution in [0.2, 0.25) is 0 Å². The van der Waals surface area contributed by atoms with Gasteiger partial charge in [-0.05, 0) is 36.8 Å². The van der Waals surface area contributed by atoms with E-state index in [1.807, 2.05) is 37.3 Å². The maximum Gasteiger partial charge on any atom is 0.254 e. The molecule has 1 atom stereocenters. The maximum absolute atomic E-state index is 13.4. The molecule has 0 unspecified atom stereocenters. The molecule has 30 heavy (non-hydrogen) atoms. The van der Waals surface area contributed by atoms with Crippen LogP contribution in [-0.4, -0.2) is 53.4 Å². The number of hydrogen-bond donors (Lipinski definition) is 1. The minimum absolute atomic E-state index is 0.0528. The van der Waals surface area contributed by atoms with E-state index in [0.29, 0.717) is 25.3 Å². The molecule has 0 saturated carbocycles. The average Bonchev–Trinajstić information content (AvgIpc) is 3.17. The van der Waals surface area contributed by atoms with Gasteiger partial charge < -0.3 is 10.1 Å². The number of benzene rings is 2. The molecule has 3 aromatic rings. The molecule has 1 N–H and O–H groups in total. The number of carbonyl (C=O) groups is 1. The van der Waals surface area contributed by atoms with Gasteiger partial charge >= 0.3 is 0 Å². The van der Waals surface area contributed by atoms with Gasteiger partial charge in [0.15, 0.2) is 0 Å². The monoisotopic (exact) mass is 408 g/mol. The predicted molar refractivity (Wildman–Crippen MR) is 112 cm³/mol. The molecule has 2 aromatic carbocycles. The standard InChI is InChI=1S/C23H25FN4O2/c1-17-21(15-26-28(17)20-5-3-2-4-6-20)23(29)25-16-22(27-11-13-30-14-12-27)18-7-9-19(24)10-8-18/h2-10,15,22H,11-14,16H2,1H3,(H,25,29)/t22-/m0/s1. The van der Waals surface area contributed by atoms with E-state index in [4.69, 9.17) is 4.74 Å². The van der Waals surface area contributed by atoms with E-state index in [2.05, 4.69) is 15.3 Å². The smallest absolute Gasteiger partial charge is 0.254 e. The number of ether oxygens (including phenoxy) is 1. The Morgan fingerprint density at radius 3 is 2.53 bits per heavy atom. The number of para-hydroxylation sites is 1. The van der Waals surface area contributed by atoms with Gasteiger partial charge in [-0.3, -0.25) is 9.69 Å². The van der Waals surface area contributed by atoms with Crippen molar-refractivity contribution in [3.63, 3.8) is 0 Å². The third-order valence-electron chi connectivity index (χ3n) is 5.45. The number of carbonyl (C=O) groups excluding carboxylic acids is 1. The molecule has 1 fully saturated rings. The minimum Gasteiger partial charge on any atom is -0.379 e. The van der Waals surface area contributed by atoms with Gasteiger partial charge in [0.25, 0.3) is 5.91 Å². The summed E-state index contributed by atoms with van der Waals surface area (Å²) >= 11 is 0. The summed E-state index contributed by atoms with van der Waals surface area (Å²) in [4.78, 5) is 15.2. The number of halogens is 1. The fraction of sp³-hybridized carbons (Fsp3) is 0.304. The van der Waals surface area contributed by atoms with Gasteiger partial charge in [-0.2, -0.15) is 5.10 Å². The first kappa shape index (κ1) is 20.3. The van der Waals surface area contributed by atoms with Crippen molar-refractivity contribution in [2.24, 2.45) is 0 Å². The van der Waals surface area contributed by atoms with Crippen molar-refractivity contribution in [1.82, 2.24) is 20.0 Å². The van der Waals surface area contributed by atoms with Gasteiger partial charge in [0, 0.05) is 19.6 Å². The number of amides is 1. The molecule has 0 aliphatic carbocycles. The quantitative estimate of drug-likeness (QED) is 0.681. The van der Waals surface area contributed by atoms with Crippen LogP contribution in [0.1, 0.15) is 27.7 Å². The molecule has 0 spiro atoms. The molecular formula is C23H25FN4O2. The topological polar surface area (TPSA) is 59.4 Å². The van der Waals surface area contributed by atoms with Crippen molar-refractivity contribution >= 4 is 5.91 Å². The summed E-state index contributed by atoms with van der Waals surface area (Å²) in [6, 6.07) is 16.1. The van der Waals surface area contributed by atoms with Crippen LogP contribution >= 0.6 is 0 Å². The Labute approximate surface area is 175 Å². The fourth-order valence-corrected chi connectivity index (χ4v) is 3.78. The highest BCUT2D eigenvalue weighted by atomic mass is 19.1. The van der Waals surface area contributed by atoms with E-state index in [1.165, 1.54) is 12.1 Å². The second-order valence-electron chi connectivity index (χ2n) is 7.32.